The molecule has 31 heavy (non-hydrogen) atoms. The highest BCUT2D eigenvalue weighted by Gasteiger charge is 2.31. The standard InChI is InChI=1S/C22H24N4O4S/c1-16-7-6-8-18(13-16)26-12-11-25(14-17(26)2)22(27)21-23-20(24-30-21)15-31(28,29)19-9-4-3-5-10-19/h3-10,13,17H,11-12,14-15H2,1-2H3/t17-/m0/s1. The molecule has 2 aromatic carbocycles. The molecule has 0 radical (unpaired) electrons. The second-order valence-corrected chi connectivity index (χ2v) is 9.71. The minimum Gasteiger partial charge on any atom is -0.365 e. The average molecular weight is 441 g/mol. The molecule has 3 aromatic rings. The van der Waals surface area contributed by atoms with Gasteiger partial charge in [0.25, 0.3) is 0 Å². The molecule has 8 nitrogen and oxygen atoms in total. The normalized spacial score (nSPS) is 17.0. The van der Waals surface area contributed by atoms with Crippen LogP contribution in [0.25, 0.3) is 0 Å². The van der Waals surface area contributed by atoms with Gasteiger partial charge in [-0.2, -0.15) is 4.98 Å². The van der Waals surface area contributed by atoms with Gasteiger partial charge in [0, 0.05) is 31.4 Å². The first-order valence-electron chi connectivity index (χ1n) is 10.1. The minimum absolute atomic E-state index is 0.0290. The lowest BCUT2D eigenvalue weighted by molar-refractivity contribution is 0.0676. The molecule has 0 spiro atoms. The van der Waals surface area contributed by atoms with E-state index in [1.807, 2.05) is 6.07 Å². The van der Waals surface area contributed by atoms with Gasteiger partial charge in [-0.1, -0.05) is 35.5 Å². The second kappa shape index (κ2) is 8.50. The predicted molar refractivity (Wildman–Crippen MR) is 116 cm³/mol. The fourth-order valence-corrected chi connectivity index (χ4v) is 4.94. The number of benzene rings is 2. The molecule has 0 saturated carbocycles. The molecule has 0 aliphatic carbocycles. The smallest absolute Gasteiger partial charge is 0.316 e. The minimum atomic E-state index is -3.62. The van der Waals surface area contributed by atoms with Crippen LogP contribution in [-0.4, -0.2) is 55.0 Å². The van der Waals surface area contributed by atoms with E-state index in [4.69, 9.17) is 4.52 Å². The van der Waals surface area contributed by atoms with E-state index >= 15 is 0 Å². The average Bonchev–Trinajstić information content (AvgIpc) is 3.21. The zero-order valence-corrected chi connectivity index (χ0v) is 18.2. The van der Waals surface area contributed by atoms with E-state index in [1.54, 1.807) is 23.1 Å². The zero-order chi connectivity index (χ0) is 22.0. The molecule has 1 aliphatic heterocycles. The summed E-state index contributed by atoms with van der Waals surface area (Å²) in [5, 5.41) is 3.71. The fraction of sp³-hybridized carbons (Fsp3) is 0.318. The summed E-state index contributed by atoms with van der Waals surface area (Å²) in [6.45, 7) is 5.82. The van der Waals surface area contributed by atoms with Crippen LogP contribution in [-0.2, 0) is 15.6 Å². The van der Waals surface area contributed by atoms with Gasteiger partial charge in [0.1, 0.15) is 5.75 Å². The highest BCUT2D eigenvalue weighted by atomic mass is 32.2. The molecule has 1 aromatic heterocycles. The zero-order valence-electron chi connectivity index (χ0n) is 17.4. The topological polar surface area (TPSA) is 96.6 Å². The number of anilines is 1. The van der Waals surface area contributed by atoms with Crippen molar-refractivity contribution in [1.82, 2.24) is 15.0 Å². The molecular formula is C22H24N4O4S. The van der Waals surface area contributed by atoms with Gasteiger partial charge in [-0.05, 0) is 43.7 Å². The van der Waals surface area contributed by atoms with Gasteiger partial charge in [-0.15, -0.1) is 0 Å². The Bertz CT molecular complexity index is 1180. The van der Waals surface area contributed by atoms with Crippen molar-refractivity contribution in [3.8, 4) is 0 Å². The maximum Gasteiger partial charge on any atom is 0.316 e. The number of aromatic nitrogens is 2. The van der Waals surface area contributed by atoms with Crippen molar-refractivity contribution in [2.24, 2.45) is 0 Å². The molecular weight excluding hydrogens is 416 g/mol. The Labute approximate surface area is 181 Å². The Morgan fingerprint density at radius 1 is 1.13 bits per heavy atom. The van der Waals surface area contributed by atoms with E-state index in [0.29, 0.717) is 19.6 Å². The van der Waals surface area contributed by atoms with E-state index in [-0.39, 0.29) is 28.6 Å². The fourth-order valence-electron chi connectivity index (χ4n) is 3.75. The van der Waals surface area contributed by atoms with Crippen LogP contribution in [0.1, 0.15) is 29.0 Å². The molecule has 0 unspecified atom stereocenters. The van der Waals surface area contributed by atoms with Gasteiger partial charge in [0.2, 0.25) is 0 Å². The summed E-state index contributed by atoms with van der Waals surface area (Å²) in [4.78, 5) is 21.0. The number of rotatable bonds is 5. The van der Waals surface area contributed by atoms with E-state index in [9.17, 15) is 13.2 Å². The van der Waals surface area contributed by atoms with Gasteiger partial charge < -0.3 is 14.3 Å². The SMILES string of the molecule is Cc1cccc(N2CCN(C(=O)c3nc(CS(=O)(=O)c4ccccc4)no3)C[C@@H]2C)c1. The maximum absolute atomic E-state index is 12.9. The van der Waals surface area contributed by atoms with Crippen molar-refractivity contribution in [1.29, 1.82) is 0 Å². The number of carbonyl (C=O) groups excluding carboxylic acids is 1. The lowest BCUT2D eigenvalue weighted by atomic mass is 10.1. The Morgan fingerprint density at radius 2 is 1.90 bits per heavy atom. The number of aryl methyl sites for hydroxylation is 1. The van der Waals surface area contributed by atoms with Crippen LogP contribution in [0.2, 0.25) is 0 Å². The third kappa shape index (κ3) is 4.61. The molecule has 9 heteroatoms. The molecule has 162 valence electrons. The molecule has 1 atom stereocenters. The summed E-state index contributed by atoms with van der Waals surface area (Å²) in [6, 6.07) is 16.4. The summed E-state index contributed by atoms with van der Waals surface area (Å²) >= 11 is 0. The van der Waals surface area contributed by atoms with E-state index in [1.165, 1.54) is 17.7 Å². The molecule has 0 bridgehead atoms. The van der Waals surface area contributed by atoms with Gasteiger partial charge in [-0.3, -0.25) is 4.79 Å². The third-order valence-corrected chi connectivity index (χ3v) is 6.95. The third-order valence-electron chi connectivity index (χ3n) is 5.32. The van der Waals surface area contributed by atoms with Crippen LogP contribution >= 0.6 is 0 Å². The van der Waals surface area contributed by atoms with Gasteiger partial charge >= 0.3 is 11.8 Å². The van der Waals surface area contributed by atoms with Gasteiger partial charge in [0.05, 0.1) is 4.90 Å². The monoisotopic (exact) mass is 440 g/mol. The maximum atomic E-state index is 12.9. The van der Waals surface area contributed by atoms with E-state index in [2.05, 4.69) is 47.1 Å². The molecule has 4 rings (SSSR count). The summed E-state index contributed by atoms with van der Waals surface area (Å²) in [6.07, 6.45) is 0. The number of sulfone groups is 1. The largest absolute Gasteiger partial charge is 0.365 e. The first kappa shape index (κ1) is 21.0. The summed E-state index contributed by atoms with van der Waals surface area (Å²) < 4.78 is 30.1. The Hall–Kier alpha value is -3.20. The molecule has 1 saturated heterocycles. The molecule has 1 aliphatic rings. The first-order valence-corrected chi connectivity index (χ1v) is 11.7. The van der Waals surface area contributed by atoms with Crippen LogP contribution in [0, 0.1) is 6.92 Å². The Kier molecular flexibility index (Phi) is 5.77. The number of piperazine rings is 1. The van der Waals surface area contributed by atoms with Gasteiger partial charge in [0.15, 0.2) is 15.7 Å². The number of hydrogen-bond donors (Lipinski definition) is 0. The lowest BCUT2D eigenvalue weighted by Crippen LogP contribution is -2.53. The number of nitrogens with zero attached hydrogens (tertiary/aromatic N) is 4. The first-order chi connectivity index (χ1) is 14.8. The van der Waals surface area contributed by atoms with Crippen LogP contribution in [0.3, 0.4) is 0 Å². The highest BCUT2D eigenvalue weighted by Crippen LogP contribution is 2.22. The Morgan fingerprint density at radius 3 is 2.61 bits per heavy atom. The van der Waals surface area contributed by atoms with Crippen LogP contribution in [0.4, 0.5) is 5.69 Å². The van der Waals surface area contributed by atoms with Crippen molar-refractivity contribution in [3.63, 3.8) is 0 Å². The van der Waals surface area contributed by atoms with E-state index < -0.39 is 15.6 Å². The van der Waals surface area contributed by atoms with Crippen molar-refractivity contribution in [3.05, 3.63) is 71.9 Å². The van der Waals surface area contributed by atoms with Crippen LogP contribution in [0.5, 0.6) is 0 Å². The number of carbonyl (C=O) groups is 1. The summed E-state index contributed by atoms with van der Waals surface area (Å²) in [5.41, 5.74) is 2.32. The van der Waals surface area contributed by atoms with Crippen molar-refractivity contribution in [2.75, 3.05) is 24.5 Å². The predicted octanol–water partition coefficient (Wildman–Crippen LogP) is 2.70. The quantitative estimate of drug-likeness (QED) is 0.602. The van der Waals surface area contributed by atoms with Crippen LogP contribution < -0.4 is 4.90 Å². The van der Waals surface area contributed by atoms with Crippen molar-refractivity contribution < 1.29 is 17.7 Å². The summed E-state index contributed by atoms with van der Waals surface area (Å²) in [7, 11) is -3.62. The second-order valence-electron chi connectivity index (χ2n) is 7.72. The molecule has 2 heterocycles. The molecule has 1 amide bonds. The number of amides is 1. The van der Waals surface area contributed by atoms with Crippen molar-refractivity contribution in [2.45, 2.75) is 30.5 Å². The number of hydrogen-bond acceptors (Lipinski definition) is 7. The highest BCUT2D eigenvalue weighted by molar-refractivity contribution is 7.90. The van der Waals surface area contributed by atoms with E-state index in [0.717, 1.165) is 5.69 Å². The summed E-state index contributed by atoms with van der Waals surface area (Å²) in [5.74, 6) is -1.02. The van der Waals surface area contributed by atoms with Crippen molar-refractivity contribution >= 4 is 21.4 Å². The Balaban J connectivity index is 1.42. The molecule has 0 N–H and O–H groups in total. The van der Waals surface area contributed by atoms with Crippen LogP contribution in [0.15, 0.2) is 64.0 Å². The van der Waals surface area contributed by atoms with Gasteiger partial charge in [-0.25, -0.2) is 8.42 Å². The lowest BCUT2D eigenvalue weighted by Gasteiger charge is -2.40. The molecule has 1 fully saturated rings.